The molecule has 0 amide bonds. The maximum atomic E-state index is 11.1. The Kier molecular flexibility index (Phi) is 4.81. The lowest BCUT2D eigenvalue weighted by Crippen LogP contribution is -2.05. The molecule has 1 rings (SSSR count). The molecule has 0 aromatic rings. The maximum Gasteiger partial charge on any atom is 0.317 e. The molecule has 0 spiro atoms. The summed E-state index contributed by atoms with van der Waals surface area (Å²) in [7, 11) is 0. The van der Waals surface area contributed by atoms with Gasteiger partial charge in [0.1, 0.15) is 0 Å². The molecule has 0 radical (unpaired) electrons. The summed E-state index contributed by atoms with van der Waals surface area (Å²) < 4.78 is 4.44. The zero-order valence-corrected chi connectivity index (χ0v) is 8.78. The van der Waals surface area contributed by atoms with Gasteiger partial charge in [-0.1, -0.05) is 18.2 Å². The second-order valence-electron chi connectivity index (χ2n) is 3.62. The van der Waals surface area contributed by atoms with Crippen LogP contribution in [-0.4, -0.2) is 11.9 Å². The molecule has 0 aromatic heterocycles. The van der Waals surface area contributed by atoms with Crippen molar-refractivity contribution in [2.24, 2.45) is 5.92 Å². The first-order valence-corrected chi connectivity index (χ1v) is 5.24. The molecule has 0 bridgehead atoms. The van der Waals surface area contributed by atoms with E-state index >= 15 is 0 Å². The number of unbranched alkanes of at least 4 members (excludes halogenated alkanes) is 2. The van der Waals surface area contributed by atoms with Crippen LogP contribution < -0.4 is 0 Å². The zero-order valence-electron chi connectivity index (χ0n) is 8.78. The van der Waals surface area contributed by atoms with Gasteiger partial charge in [0.05, 0.1) is 12.3 Å². The average molecular weight is 208 g/mol. The van der Waals surface area contributed by atoms with E-state index < -0.39 is 5.97 Å². The molecule has 3 nitrogen and oxygen atoms in total. The largest absolute Gasteiger partial charge is 0.393 e. The van der Waals surface area contributed by atoms with Gasteiger partial charge >= 0.3 is 11.9 Å². The third-order valence-electron chi connectivity index (χ3n) is 2.33. The molecule has 1 saturated heterocycles. The van der Waals surface area contributed by atoms with Crippen LogP contribution in [0.15, 0.2) is 24.8 Å². The fourth-order valence-electron chi connectivity index (χ4n) is 1.46. The van der Waals surface area contributed by atoms with Crippen LogP contribution in [0.1, 0.15) is 32.1 Å². The molecule has 0 saturated carbocycles. The Bertz CT molecular complexity index is 279. The highest BCUT2D eigenvalue weighted by Crippen LogP contribution is 2.19. The van der Waals surface area contributed by atoms with E-state index in [9.17, 15) is 9.59 Å². The fourth-order valence-corrected chi connectivity index (χ4v) is 1.46. The number of ether oxygens (including phenoxy) is 1. The van der Waals surface area contributed by atoms with Crippen LogP contribution >= 0.6 is 0 Å². The van der Waals surface area contributed by atoms with Crippen LogP contribution in [0.4, 0.5) is 0 Å². The van der Waals surface area contributed by atoms with Crippen LogP contribution in [0.25, 0.3) is 0 Å². The minimum absolute atomic E-state index is 0.232. The quantitative estimate of drug-likeness (QED) is 0.291. The minimum Gasteiger partial charge on any atom is -0.393 e. The molecule has 1 fully saturated rings. The lowest BCUT2D eigenvalue weighted by Gasteiger charge is -1.97. The molecule has 1 atom stereocenters. The van der Waals surface area contributed by atoms with Gasteiger partial charge in [0.15, 0.2) is 0 Å². The number of esters is 2. The second kappa shape index (κ2) is 6.17. The number of carbonyl (C=O) groups is 2. The van der Waals surface area contributed by atoms with Crippen molar-refractivity contribution in [2.45, 2.75) is 32.1 Å². The van der Waals surface area contributed by atoms with Crippen molar-refractivity contribution in [3.8, 4) is 0 Å². The topological polar surface area (TPSA) is 43.4 Å². The highest BCUT2D eigenvalue weighted by Gasteiger charge is 2.31. The van der Waals surface area contributed by atoms with Crippen molar-refractivity contribution in [1.82, 2.24) is 0 Å². The Morgan fingerprint density at radius 2 is 2.13 bits per heavy atom. The molecule has 0 aliphatic carbocycles. The van der Waals surface area contributed by atoms with E-state index in [1.165, 1.54) is 0 Å². The SMILES string of the molecule is C=CCCC/C=C\C[C@@H]1CC(=O)OC1=O. The second-order valence-corrected chi connectivity index (χ2v) is 3.62. The van der Waals surface area contributed by atoms with Gasteiger partial charge in [-0.25, -0.2) is 0 Å². The molecule has 82 valence electrons. The number of hydrogen-bond donors (Lipinski definition) is 0. The van der Waals surface area contributed by atoms with Crippen molar-refractivity contribution >= 4 is 11.9 Å². The van der Waals surface area contributed by atoms with Gasteiger partial charge in [-0.3, -0.25) is 9.59 Å². The van der Waals surface area contributed by atoms with Crippen molar-refractivity contribution < 1.29 is 14.3 Å². The average Bonchev–Trinajstić information content (AvgIpc) is 2.51. The van der Waals surface area contributed by atoms with E-state index in [0.717, 1.165) is 19.3 Å². The fraction of sp³-hybridized carbons (Fsp3) is 0.500. The van der Waals surface area contributed by atoms with Crippen LogP contribution in [-0.2, 0) is 14.3 Å². The van der Waals surface area contributed by atoms with E-state index in [0.29, 0.717) is 6.42 Å². The molecule has 1 aliphatic rings. The van der Waals surface area contributed by atoms with Crippen LogP contribution in [0.5, 0.6) is 0 Å². The molecular formula is C12H16O3. The van der Waals surface area contributed by atoms with Gasteiger partial charge < -0.3 is 4.74 Å². The van der Waals surface area contributed by atoms with Crippen molar-refractivity contribution in [1.29, 1.82) is 0 Å². The van der Waals surface area contributed by atoms with Gasteiger partial charge in [0.25, 0.3) is 0 Å². The number of cyclic esters (lactones) is 2. The van der Waals surface area contributed by atoms with Crippen LogP contribution in [0.3, 0.4) is 0 Å². The highest BCUT2D eigenvalue weighted by atomic mass is 16.6. The normalized spacial score (nSPS) is 20.9. The summed E-state index contributed by atoms with van der Waals surface area (Å²) in [6.07, 6.45) is 9.80. The lowest BCUT2D eigenvalue weighted by molar-refractivity contribution is -0.153. The summed E-state index contributed by atoms with van der Waals surface area (Å²) in [4.78, 5) is 21.8. The van der Waals surface area contributed by atoms with Gasteiger partial charge in [-0.15, -0.1) is 6.58 Å². The first kappa shape index (κ1) is 11.7. The monoisotopic (exact) mass is 208 g/mol. The van der Waals surface area contributed by atoms with Gasteiger partial charge in [-0.2, -0.15) is 0 Å². The van der Waals surface area contributed by atoms with Gasteiger partial charge in [0, 0.05) is 0 Å². The van der Waals surface area contributed by atoms with Crippen molar-refractivity contribution in [3.05, 3.63) is 24.8 Å². The van der Waals surface area contributed by atoms with Crippen molar-refractivity contribution in [3.63, 3.8) is 0 Å². The molecular weight excluding hydrogens is 192 g/mol. The van der Waals surface area contributed by atoms with Gasteiger partial charge in [-0.05, 0) is 25.7 Å². The first-order valence-electron chi connectivity index (χ1n) is 5.24. The standard InChI is InChI=1S/C12H16O3/c1-2-3-4-5-6-7-8-10-9-11(13)15-12(10)14/h2,6-7,10H,1,3-5,8-9H2/b7-6-/t10-/m1/s1. The third kappa shape index (κ3) is 4.11. The smallest absolute Gasteiger partial charge is 0.317 e. The highest BCUT2D eigenvalue weighted by molar-refractivity contribution is 5.94. The molecule has 1 heterocycles. The molecule has 3 heteroatoms. The minimum atomic E-state index is -0.398. The molecule has 0 aromatic carbocycles. The molecule has 15 heavy (non-hydrogen) atoms. The summed E-state index contributed by atoms with van der Waals surface area (Å²) in [5.41, 5.74) is 0. The summed E-state index contributed by atoms with van der Waals surface area (Å²) in [6, 6.07) is 0. The Labute approximate surface area is 89.8 Å². The predicted octanol–water partition coefficient (Wildman–Crippen LogP) is 2.38. The Morgan fingerprint density at radius 1 is 1.33 bits per heavy atom. The Hall–Kier alpha value is -1.38. The number of hydrogen-bond acceptors (Lipinski definition) is 3. The summed E-state index contributed by atoms with van der Waals surface area (Å²) in [5.74, 6) is -1.03. The van der Waals surface area contributed by atoms with E-state index in [1.807, 2.05) is 18.2 Å². The maximum absolute atomic E-state index is 11.1. The zero-order chi connectivity index (χ0) is 11.1. The van der Waals surface area contributed by atoms with Crippen LogP contribution in [0.2, 0.25) is 0 Å². The Balaban J connectivity index is 2.16. The molecule has 0 unspecified atom stereocenters. The lowest BCUT2D eigenvalue weighted by atomic mass is 10.0. The molecule has 1 aliphatic heterocycles. The van der Waals surface area contributed by atoms with E-state index in [-0.39, 0.29) is 18.3 Å². The van der Waals surface area contributed by atoms with E-state index in [4.69, 9.17) is 0 Å². The van der Waals surface area contributed by atoms with Gasteiger partial charge in [0.2, 0.25) is 0 Å². The number of rotatable bonds is 6. The first-order chi connectivity index (χ1) is 7.24. The predicted molar refractivity (Wildman–Crippen MR) is 57.0 cm³/mol. The molecule has 0 N–H and O–H groups in total. The summed E-state index contributed by atoms with van der Waals surface area (Å²) in [6.45, 7) is 3.64. The van der Waals surface area contributed by atoms with E-state index in [2.05, 4.69) is 11.3 Å². The summed E-state index contributed by atoms with van der Waals surface area (Å²) in [5, 5.41) is 0. The van der Waals surface area contributed by atoms with E-state index in [1.54, 1.807) is 0 Å². The summed E-state index contributed by atoms with van der Waals surface area (Å²) >= 11 is 0. The third-order valence-corrected chi connectivity index (χ3v) is 2.33. The number of carbonyl (C=O) groups excluding carboxylic acids is 2. The van der Waals surface area contributed by atoms with Crippen LogP contribution in [0, 0.1) is 5.92 Å². The Morgan fingerprint density at radius 3 is 2.73 bits per heavy atom. The number of allylic oxidation sites excluding steroid dienone is 3. The van der Waals surface area contributed by atoms with Crippen molar-refractivity contribution in [2.75, 3.05) is 0 Å².